The van der Waals surface area contributed by atoms with Gasteiger partial charge in [0, 0.05) is 18.5 Å². The fourth-order valence-electron chi connectivity index (χ4n) is 4.81. The van der Waals surface area contributed by atoms with E-state index in [1.165, 1.54) is 0 Å². The van der Waals surface area contributed by atoms with Crippen LogP contribution in [0.5, 0.6) is 0 Å². The lowest BCUT2D eigenvalue weighted by Gasteiger charge is -2.12. The normalized spacial score (nSPS) is 11.3. The highest BCUT2D eigenvalue weighted by atomic mass is 16.6. The Bertz CT molecular complexity index is 1990. The third-order valence-corrected chi connectivity index (χ3v) is 6.78. The van der Waals surface area contributed by atoms with E-state index < -0.39 is 17.5 Å². The molecule has 0 atom stereocenters. The number of carbonyl (C=O) groups is 1. The maximum absolute atomic E-state index is 13.2. The van der Waals surface area contributed by atoms with E-state index in [4.69, 9.17) is 23.1 Å². The number of aromatic nitrogens is 4. The maximum atomic E-state index is 13.2. The van der Waals surface area contributed by atoms with Crippen molar-refractivity contribution in [3.05, 3.63) is 116 Å². The van der Waals surface area contributed by atoms with E-state index in [1.54, 1.807) is 19.1 Å². The minimum Gasteiger partial charge on any atom is -0.454 e. The van der Waals surface area contributed by atoms with Crippen LogP contribution in [-0.2, 0) is 24.3 Å². The molecule has 41 heavy (non-hydrogen) atoms. The third-order valence-electron chi connectivity index (χ3n) is 6.78. The zero-order valence-corrected chi connectivity index (χ0v) is 22.2. The molecule has 0 fully saturated rings. The maximum Gasteiger partial charge on any atom is 0.519 e. The van der Waals surface area contributed by atoms with Crippen molar-refractivity contribution in [2.75, 3.05) is 0 Å². The summed E-state index contributed by atoms with van der Waals surface area (Å²) in [6.07, 6.45) is 0.657. The Morgan fingerprint density at radius 1 is 0.976 bits per heavy atom. The van der Waals surface area contributed by atoms with Crippen molar-refractivity contribution in [3.8, 4) is 22.5 Å². The summed E-state index contributed by atoms with van der Waals surface area (Å²) in [6.45, 7) is 3.81. The highest BCUT2D eigenvalue weighted by Gasteiger charge is 2.20. The number of rotatable bonds is 8. The predicted octanol–water partition coefficient (Wildman–Crippen LogP) is 4.87. The molecule has 206 valence electrons. The van der Waals surface area contributed by atoms with E-state index in [-0.39, 0.29) is 18.1 Å². The van der Waals surface area contributed by atoms with Crippen LogP contribution in [0.4, 0.5) is 0 Å². The second-order valence-electron chi connectivity index (χ2n) is 9.34. The van der Waals surface area contributed by atoms with Crippen molar-refractivity contribution in [1.82, 2.24) is 19.7 Å². The molecule has 0 aliphatic heterocycles. The Balaban J connectivity index is 1.31. The molecule has 0 unspecified atom stereocenters. The second-order valence-corrected chi connectivity index (χ2v) is 9.34. The summed E-state index contributed by atoms with van der Waals surface area (Å²) in [5.74, 6) is -0.423. The summed E-state index contributed by atoms with van der Waals surface area (Å²) in [7, 11) is 0. The van der Waals surface area contributed by atoms with Gasteiger partial charge in [-0.25, -0.2) is 19.4 Å². The Kier molecular flexibility index (Phi) is 6.68. The van der Waals surface area contributed by atoms with Gasteiger partial charge in [-0.15, -0.1) is 0 Å². The number of carbonyl (C=O) groups excluding carboxylic acids is 1. The van der Waals surface area contributed by atoms with E-state index >= 15 is 0 Å². The summed E-state index contributed by atoms with van der Waals surface area (Å²) >= 11 is 0. The Morgan fingerprint density at radius 3 is 2.44 bits per heavy atom. The molecule has 6 rings (SSSR count). The monoisotopic (exact) mass is 552 g/mol. The first kappa shape index (κ1) is 25.8. The van der Waals surface area contributed by atoms with Crippen molar-refractivity contribution >= 4 is 17.0 Å². The SMILES string of the molecule is CCc1nc2cccc(C(=O)OCc3oc(=O)oc3C)c2n1Cc1ccc(-c2ccccc2-c2noc(=O)[nH]2)cc1. The van der Waals surface area contributed by atoms with Crippen LogP contribution in [0.15, 0.2) is 89.7 Å². The first-order valence-corrected chi connectivity index (χ1v) is 12.9. The lowest BCUT2D eigenvalue weighted by Crippen LogP contribution is -2.10. The van der Waals surface area contributed by atoms with Gasteiger partial charge in [-0.2, -0.15) is 0 Å². The number of aryl methyl sites for hydroxylation is 2. The van der Waals surface area contributed by atoms with Crippen LogP contribution in [0, 0.1) is 6.92 Å². The van der Waals surface area contributed by atoms with Gasteiger partial charge in [0.05, 0.1) is 16.6 Å². The van der Waals surface area contributed by atoms with E-state index in [9.17, 15) is 14.4 Å². The number of aromatic amines is 1. The molecule has 3 aromatic heterocycles. The van der Waals surface area contributed by atoms with Gasteiger partial charge in [0.2, 0.25) is 0 Å². The number of H-pyrrole nitrogens is 1. The highest BCUT2D eigenvalue weighted by Crippen LogP contribution is 2.30. The molecule has 11 nitrogen and oxygen atoms in total. The molecule has 3 heterocycles. The van der Waals surface area contributed by atoms with E-state index in [1.807, 2.05) is 66.1 Å². The van der Waals surface area contributed by atoms with Crippen molar-refractivity contribution in [3.63, 3.8) is 0 Å². The average Bonchev–Trinajstić information content (AvgIpc) is 3.67. The highest BCUT2D eigenvalue weighted by molar-refractivity contribution is 6.02. The first-order chi connectivity index (χ1) is 19.9. The van der Waals surface area contributed by atoms with Crippen molar-refractivity contribution in [2.24, 2.45) is 0 Å². The first-order valence-electron chi connectivity index (χ1n) is 12.9. The van der Waals surface area contributed by atoms with Crippen LogP contribution in [0.3, 0.4) is 0 Å². The Labute approximate surface area is 232 Å². The van der Waals surface area contributed by atoms with E-state index in [0.717, 1.165) is 28.1 Å². The topological polar surface area (TPSA) is 146 Å². The van der Waals surface area contributed by atoms with Gasteiger partial charge in [0.1, 0.15) is 5.82 Å². The second kappa shape index (κ2) is 10.6. The van der Waals surface area contributed by atoms with Crippen molar-refractivity contribution < 1.29 is 22.9 Å². The van der Waals surface area contributed by atoms with Crippen molar-refractivity contribution in [1.29, 1.82) is 0 Å². The molecule has 3 aromatic carbocycles. The summed E-state index contributed by atoms with van der Waals surface area (Å²) < 4.78 is 22.0. The fraction of sp³-hybridized carbons (Fsp3) is 0.167. The van der Waals surface area contributed by atoms with Gasteiger partial charge in [-0.05, 0) is 35.7 Å². The summed E-state index contributed by atoms with van der Waals surface area (Å²) in [5, 5.41) is 3.83. The van der Waals surface area contributed by atoms with E-state index in [2.05, 4.69) is 10.1 Å². The average molecular weight is 553 g/mol. The number of benzene rings is 3. The Hall–Kier alpha value is -5.45. The van der Waals surface area contributed by atoms with Gasteiger partial charge in [0.15, 0.2) is 24.0 Å². The molecule has 0 aliphatic rings. The molecule has 0 amide bonds. The summed E-state index contributed by atoms with van der Waals surface area (Å²) in [5.41, 5.74) is 5.25. The molecule has 0 aliphatic carbocycles. The van der Waals surface area contributed by atoms with Crippen LogP contribution in [-0.4, -0.2) is 25.7 Å². The zero-order valence-electron chi connectivity index (χ0n) is 22.2. The summed E-state index contributed by atoms with van der Waals surface area (Å²) in [4.78, 5) is 43.3. The molecule has 0 bridgehead atoms. The lowest BCUT2D eigenvalue weighted by atomic mass is 9.98. The number of nitrogens with one attached hydrogen (secondary N) is 1. The molecule has 11 heteroatoms. The number of fused-ring (bicyclic) bond motifs is 1. The standard InChI is InChI=1S/C30H24N4O7/c1-3-25-31-23-10-6-9-22(28(35)38-16-24-17(2)39-30(37)40-24)26(23)34(25)15-18-11-13-19(14-12-18)20-7-4-5-8-21(20)27-32-29(36)41-33-27/h4-14H,3,15-16H2,1-2H3,(H,32,33,36). The van der Waals surface area contributed by atoms with Crippen LogP contribution in [0.1, 0.15) is 40.2 Å². The number of ether oxygens (including phenoxy) is 1. The molecule has 0 radical (unpaired) electrons. The predicted molar refractivity (Wildman–Crippen MR) is 147 cm³/mol. The van der Waals surface area contributed by atoms with Crippen LogP contribution in [0.25, 0.3) is 33.5 Å². The minimum atomic E-state index is -0.844. The molecule has 0 spiro atoms. The van der Waals surface area contributed by atoms with Gasteiger partial charge >= 0.3 is 17.5 Å². The smallest absolute Gasteiger partial charge is 0.454 e. The minimum absolute atomic E-state index is 0.162. The molecular formula is C30H24N4O7. The van der Waals surface area contributed by atoms with Gasteiger partial charge in [-0.1, -0.05) is 66.7 Å². The zero-order chi connectivity index (χ0) is 28.5. The van der Waals surface area contributed by atoms with Gasteiger partial charge in [-0.3, -0.25) is 9.51 Å². The van der Waals surface area contributed by atoms with Crippen LogP contribution >= 0.6 is 0 Å². The number of nitrogens with zero attached hydrogens (tertiary/aromatic N) is 3. The molecule has 0 saturated carbocycles. The molecular weight excluding hydrogens is 528 g/mol. The molecule has 0 saturated heterocycles. The number of esters is 1. The van der Waals surface area contributed by atoms with Crippen molar-refractivity contribution in [2.45, 2.75) is 33.4 Å². The largest absolute Gasteiger partial charge is 0.519 e. The number of imidazole rings is 1. The third kappa shape index (κ3) is 5.00. The summed E-state index contributed by atoms with van der Waals surface area (Å²) in [6, 6.07) is 20.9. The van der Waals surface area contributed by atoms with E-state index in [0.29, 0.717) is 35.4 Å². The fourth-order valence-corrected chi connectivity index (χ4v) is 4.81. The van der Waals surface area contributed by atoms with Gasteiger partial charge < -0.3 is 18.1 Å². The van der Waals surface area contributed by atoms with Gasteiger partial charge in [0.25, 0.3) is 0 Å². The number of hydrogen-bond acceptors (Lipinski definition) is 9. The van der Waals surface area contributed by atoms with Crippen LogP contribution < -0.4 is 11.6 Å². The number of hydrogen-bond donors (Lipinski definition) is 1. The Morgan fingerprint density at radius 2 is 1.76 bits per heavy atom. The lowest BCUT2D eigenvalue weighted by molar-refractivity contribution is 0.0444. The quantitative estimate of drug-likeness (QED) is 0.261. The van der Waals surface area contributed by atoms with Crippen LogP contribution in [0.2, 0.25) is 0 Å². The number of para-hydroxylation sites is 1. The molecule has 6 aromatic rings. The molecule has 1 N–H and O–H groups in total.